The lowest BCUT2D eigenvalue weighted by Crippen LogP contribution is -2.36. The summed E-state index contributed by atoms with van der Waals surface area (Å²) in [5.41, 5.74) is 0.644. The Morgan fingerprint density at radius 1 is 1.31 bits per heavy atom. The number of benzene rings is 1. The first-order valence-electron chi connectivity index (χ1n) is 4.49. The molecule has 0 aliphatic heterocycles. The predicted molar refractivity (Wildman–Crippen MR) is 53.5 cm³/mol. The summed E-state index contributed by atoms with van der Waals surface area (Å²) < 4.78 is 12.5. The molecule has 0 atom stereocenters. The molecule has 0 spiro atoms. The summed E-state index contributed by atoms with van der Waals surface area (Å²) in [6.07, 6.45) is 2.61. The number of carbonyl (C=O) groups excluding carboxylic acids is 2. The van der Waals surface area contributed by atoms with E-state index >= 15 is 0 Å². The molecule has 0 radical (unpaired) electrons. The van der Waals surface area contributed by atoms with E-state index in [1.54, 1.807) is 0 Å². The lowest BCUT2D eigenvalue weighted by molar-refractivity contribution is -0.303. The van der Waals surface area contributed by atoms with Crippen molar-refractivity contribution in [2.24, 2.45) is 0 Å². The first kappa shape index (κ1) is 11.9. The number of rotatable bonds is 4. The van der Waals surface area contributed by atoms with E-state index in [1.807, 2.05) is 0 Å². The lowest BCUT2D eigenvalue weighted by atomic mass is 10.2. The van der Waals surface area contributed by atoms with Gasteiger partial charge in [-0.15, -0.1) is 0 Å². The first-order valence-corrected chi connectivity index (χ1v) is 4.49. The summed E-state index contributed by atoms with van der Waals surface area (Å²) >= 11 is 0. The Labute approximate surface area is 91.4 Å². The molecule has 1 aromatic carbocycles. The Kier molecular flexibility index (Phi) is 4.20. The summed E-state index contributed by atoms with van der Waals surface area (Å²) in [5.74, 6) is -2.27. The van der Waals surface area contributed by atoms with Gasteiger partial charge in [-0.3, -0.25) is 4.79 Å². The molecule has 0 heterocycles. The molecule has 0 aliphatic rings. The van der Waals surface area contributed by atoms with Crippen molar-refractivity contribution in [2.45, 2.75) is 0 Å². The zero-order valence-corrected chi connectivity index (χ0v) is 8.27. The quantitative estimate of drug-likeness (QED) is 0.711. The number of halogens is 1. The van der Waals surface area contributed by atoms with Crippen molar-refractivity contribution in [1.29, 1.82) is 0 Å². The normalized spacial score (nSPS) is 10.3. The maximum atomic E-state index is 12.5. The first-order chi connectivity index (χ1) is 7.58. The minimum absolute atomic E-state index is 0.362. The van der Waals surface area contributed by atoms with Gasteiger partial charge in [0.2, 0.25) is 5.91 Å². The molecule has 0 unspecified atom stereocenters. The maximum Gasteiger partial charge on any atom is 0.244 e. The number of carbonyl (C=O) groups is 2. The van der Waals surface area contributed by atoms with E-state index in [0.29, 0.717) is 5.56 Å². The van der Waals surface area contributed by atoms with Crippen LogP contribution in [0.25, 0.3) is 6.08 Å². The molecule has 0 aromatic heterocycles. The molecule has 5 heteroatoms. The number of hydrogen-bond acceptors (Lipinski definition) is 3. The topological polar surface area (TPSA) is 69.2 Å². The Hall–Kier alpha value is -2.17. The number of hydrogen-bond donors (Lipinski definition) is 1. The Morgan fingerprint density at radius 2 is 1.94 bits per heavy atom. The molecule has 0 aliphatic carbocycles. The van der Waals surface area contributed by atoms with E-state index in [0.717, 1.165) is 6.08 Å². The van der Waals surface area contributed by atoms with E-state index in [2.05, 4.69) is 5.32 Å². The van der Waals surface area contributed by atoms with Crippen LogP contribution >= 0.6 is 0 Å². The summed E-state index contributed by atoms with van der Waals surface area (Å²) in [7, 11) is 0. The molecular weight excluding hydrogens is 213 g/mol. The third-order valence-electron chi connectivity index (χ3n) is 1.70. The van der Waals surface area contributed by atoms with E-state index in [-0.39, 0.29) is 5.82 Å². The van der Waals surface area contributed by atoms with E-state index in [4.69, 9.17) is 0 Å². The number of carboxylic acid groups (broad SMARTS) is 1. The van der Waals surface area contributed by atoms with Gasteiger partial charge in [0.15, 0.2) is 0 Å². The van der Waals surface area contributed by atoms with Crippen molar-refractivity contribution in [3.63, 3.8) is 0 Å². The fourth-order valence-corrected chi connectivity index (χ4v) is 0.964. The molecule has 84 valence electrons. The molecule has 0 saturated carbocycles. The average Bonchev–Trinajstić information content (AvgIpc) is 2.25. The van der Waals surface area contributed by atoms with Gasteiger partial charge in [0, 0.05) is 6.08 Å². The lowest BCUT2D eigenvalue weighted by Gasteiger charge is -2.01. The highest BCUT2D eigenvalue weighted by atomic mass is 19.1. The van der Waals surface area contributed by atoms with Crippen LogP contribution < -0.4 is 10.4 Å². The third-order valence-corrected chi connectivity index (χ3v) is 1.70. The number of amides is 1. The Morgan fingerprint density at radius 3 is 2.50 bits per heavy atom. The van der Waals surface area contributed by atoms with E-state index in [9.17, 15) is 19.1 Å². The minimum atomic E-state index is -1.36. The van der Waals surface area contributed by atoms with Crippen molar-refractivity contribution in [3.8, 4) is 0 Å². The molecule has 0 fully saturated rings. The number of aliphatic carboxylic acids is 1. The van der Waals surface area contributed by atoms with Crippen LogP contribution in [0.4, 0.5) is 4.39 Å². The van der Waals surface area contributed by atoms with Crippen molar-refractivity contribution in [1.82, 2.24) is 5.32 Å². The van der Waals surface area contributed by atoms with Crippen molar-refractivity contribution in [2.75, 3.05) is 6.54 Å². The molecule has 1 N–H and O–H groups in total. The van der Waals surface area contributed by atoms with E-state index in [1.165, 1.54) is 30.3 Å². The Balaban J connectivity index is 2.50. The van der Waals surface area contributed by atoms with Crippen LogP contribution in [0.1, 0.15) is 5.56 Å². The standard InChI is InChI=1S/C11H10FNO3/c12-9-4-1-8(2-5-9)3-6-10(14)13-7-11(15)16/h1-6H,7H2,(H,13,14)(H,15,16)/p-1/b6-3+. The zero-order chi connectivity index (χ0) is 12.0. The number of nitrogens with one attached hydrogen (secondary N) is 1. The van der Waals surface area contributed by atoms with Crippen LogP contribution in [0, 0.1) is 5.82 Å². The number of carboxylic acids is 1. The molecule has 0 bridgehead atoms. The van der Waals surface area contributed by atoms with Crippen LogP contribution in [0.2, 0.25) is 0 Å². The Bertz CT molecular complexity index is 412. The van der Waals surface area contributed by atoms with Gasteiger partial charge in [0.1, 0.15) is 5.82 Å². The van der Waals surface area contributed by atoms with Crippen molar-refractivity contribution >= 4 is 18.0 Å². The molecule has 1 rings (SSSR count). The van der Waals surface area contributed by atoms with Gasteiger partial charge >= 0.3 is 0 Å². The minimum Gasteiger partial charge on any atom is -0.548 e. The summed E-state index contributed by atoms with van der Waals surface area (Å²) in [5, 5.41) is 12.1. The van der Waals surface area contributed by atoms with Gasteiger partial charge in [-0.25, -0.2) is 4.39 Å². The van der Waals surface area contributed by atoms with Gasteiger partial charge in [-0.05, 0) is 23.8 Å². The highest BCUT2D eigenvalue weighted by Gasteiger charge is 1.94. The summed E-state index contributed by atoms with van der Waals surface area (Å²) in [6, 6.07) is 5.52. The second-order valence-electron chi connectivity index (χ2n) is 2.97. The highest BCUT2D eigenvalue weighted by molar-refractivity contribution is 5.93. The van der Waals surface area contributed by atoms with Gasteiger partial charge in [0.05, 0.1) is 12.5 Å². The SMILES string of the molecule is O=C([O-])CNC(=O)/C=C/c1ccc(F)cc1. The molecule has 0 saturated heterocycles. The van der Waals surface area contributed by atoms with Gasteiger partial charge in [0.25, 0.3) is 0 Å². The predicted octanol–water partition coefficient (Wildman–Crippen LogP) is -0.295. The van der Waals surface area contributed by atoms with Gasteiger partial charge in [-0.2, -0.15) is 0 Å². The molecule has 1 aromatic rings. The van der Waals surface area contributed by atoms with E-state index < -0.39 is 18.4 Å². The third kappa shape index (κ3) is 4.36. The van der Waals surface area contributed by atoms with Crippen LogP contribution in [0.5, 0.6) is 0 Å². The molecular formula is C11H9FNO3-. The van der Waals surface area contributed by atoms with Gasteiger partial charge < -0.3 is 15.2 Å². The summed E-state index contributed by atoms with van der Waals surface area (Å²) in [6.45, 7) is -0.535. The fraction of sp³-hybridized carbons (Fsp3) is 0.0909. The van der Waals surface area contributed by atoms with Crippen molar-refractivity contribution < 1.29 is 19.1 Å². The smallest absolute Gasteiger partial charge is 0.244 e. The van der Waals surface area contributed by atoms with Gasteiger partial charge in [-0.1, -0.05) is 12.1 Å². The van der Waals surface area contributed by atoms with Crippen LogP contribution in [0.15, 0.2) is 30.3 Å². The second-order valence-corrected chi connectivity index (χ2v) is 2.97. The molecule has 1 amide bonds. The second kappa shape index (κ2) is 5.65. The van der Waals surface area contributed by atoms with Crippen molar-refractivity contribution in [3.05, 3.63) is 41.7 Å². The average molecular weight is 222 g/mol. The molecule has 4 nitrogen and oxygen atoms in total. The summed E-state index contributed by atoms with van der Waals surface area (Å²) in [4.78, 5) is 21.0. The fourth-order valence-electron chi connectivity index (χ4n) is 0.964. The van der Waals surface area contributed by atoms with Crippen LogP contribution in [0.3, 0.4) is 0 Å². The zero-order valence-electron chi connectivity index (χ0n) is 8.27. The highest BCUT2D eigenvalue weighted by Crippen LogP contribution is 2.04. The largest absolute Gasteiger partial charge is 0.548 e. The molecule has 16 heavy (non-hydrogen) atoms. The monoisotopic (exact) mass is 222 g/mol. The maximum absolute atomic E-state index is 12.5. The van der Waals surface area contributed by atoms with Crippen LogP contribution in [-0.2, 0) is 9.59 Å². The van der Waals surface area contributed by atoms with Crippen LogP contribution in [-0.4, -0.2) is 18.4 Å².